The van der Waals surface area contributed by atoms with Gasteiger partial charge in [-0.25, -0.2) is 0 Å². The summed E-state index contributed by atoms with van der Waals surface area (Å²) in [5, 5.41) is 8.62. The molecule has 0 aliphatic rings. The molecule has 0 saturated carbocycles. The van der Waals surface area contributed by atoms with Crippen molar-refractivity contribution in [1.29, 1.82) is 0 Å². The Hall–Kier alpha value is -1.29. The van der Waals surface area contributed by atoms with Crippen LogP contribution < -0.4 is 0 Å². The van der Waals surface area contributed by atoms with Crippen LogP contribution in [0.5, 0.6) is 0 Å². The molecule has 0 spiro atoms. The van der Waals surface area contributed by atoms with E-state index in [9.17, 15) is 0 Å². The first-order chi connectivity index (χ1) is 8.24. The third kappa shape index (κ3) is 9.63. The zero-order chi connectivity index (χ0) is 12.9. The van der Waals surface area contributed by atoms with E-state index in [1.54, 1.807) is 6.20 Å². The van der Waals surface area contributed by atoms with E-state index in [1.165, 1.54) is 0 Å². The Morgan fingerprint density at radius 3 is 2.59 bits per heavy atom. The van der Waals surface area contributed by atoms with Gasteiger partial charge in [-0.05, 0) is 13.0 Å². The van der Waals surface area contributed by atoms with Crippen molar-refractivity contribution in [2.24, 2.45) is 4.99 Å². The van der Waals surface area contributed by atoms with Gasteiger partial charge in [-0.15, -0.1) is 0 Å². The summed E-state index contributed by atoms with van der Waals surface area (Å²) in [6, 6.07) is 0. The Kier molecular flexibility index (Phi) is 10.4. The number of nitrogens with zero attached hydrogens (tertiary/aromatic N) is 3. The molecule has 0 aliphatic carbocycles. The molecule has 4 heteroatoms. The van der Waals surface area contributed by atoms with Crippen LogP contribution in [0.3, 0.4) is 0 Å². The van der Waals surface area contributed by atoms with Crippen LogP contribution in [-0.4, -0.2) is 54.3 Å². The van der Waals surface area contributed by atoms with Crippen molar-refractivity contribution in [2.75, 3.05) is 33.2 Å². The third-order valence-electron chi connectivity index (χ3n) is 2.38. The SMILES string of the molecule is CCC=N/C=C\CN(CC)CCN(C)C=CO. The first-order valence-corrected chi connectivity index (χ1v) is 6.14. The van der Waals surface area contributed by atoms with Crippen LogP contribution in [0.2, 0.25) is 0 Å². The molecule has 17 heavy (non-hydrogen) atoms. The third-order valence-corrected chi connectivity index (χ3v) is 2.38. The van der Waals surface area contributed by atoms with E-state index in [1.807, 2.05) is 24.4 Å². The summed E-state index contributed by atoms with van der Waals surface area (Å²) in [6.45, 7) is 8.01. The van der Waals surface area contributed by atoms with Crippen LogP contribution in [0, 0.1) is 0 Å². The Morgan fingerprint density at radius 1 is 1.24 bits per heavy atom. The van der Waals surface area contributed by atoms with E-state index >= 15 is 0 Å². The van der Waals surface area contributed by atoms with E-state index in [0.717, 1.165) is 38.9 Å². The highest BCUT2D eigenvalue weighted by Gasteiger charge is 2.00. The monoisotopic (exact) mass is 239 g/mol. The number of aliphatic hydroxyl groups is 1. The molecule has 0 aromatic rings. The number of rotatable bonds is 9. The lowest BCUT2D eigenvalue weighted by atomic mass is 10.4. The van der Waals surface area contributed by atoms with Gasteiger partial charge < -0.3 is 10.0 Å². The molecule has 0 atom stereocenters. The van der Waals surface area contributed by atoms with Gasteiger partial charge in [0.15, 0.2) is 0 Å². The molecule has 0 heterocycles. The minimum atomic E-state index is 0.900. The summed E-state index contributed by atoms with van der Waals surface area (Å²) in [6.07, 6.45) is 9.51. The topological polar surface area (TPSA) is 39.1 Å². The Balaban J connectivity index is 3.83. The molecule has 0 aromatic carbocycles. The van der Waals surface area contributed by atoms with Gasteiger partial charge in [0.2, 0.25) is 0 Å². The largest absolute Gasteiger partial charge is 0.514 e. The van der Waals surface area contributed by atoms with Crippen LogP contribution in [0.25, 0.3) is 0 Å². The minimum absolute atomic E-state index is 0.900. The summed E-state index contributed by atoms with van der Waals surface area (Å²) < 4.78 is 0. The standard InChI is InChI=1S/C13H25N3O/c1-4-7-14-8-6-9-16(5-2)11-10-15(3)12-13-17/h6-8,12-13,17H,4-5,9-11H2,1-3H3/b8-6-,13-12?,14-7?. The highest BCUT2D eigenvalue weighted by molar-refractivity contribution is 5.57. The lowest BCUT2D eigenvalue weighted by Gasteiger charge is -2.21. The van der Waals surface area contributed by atoms with Gasteiger partial charge in [-0.2, -0.15) is 0 Å². The number of likely N-dealkylation sites (N-methyl/N-ethyl adjacent to an activating group) is 2. The molecule has 0 saturated heterocycles. The first kappa shape index (κ1) is 15.7. The molecule has 1 N–H and O–H groups in total. The fourth-order valence-electron chi connectivity index (χ4n) is 1.29. The van der Waals surface area contributed by atoms with Gasteiger partial charge >= 0.3 is 0 Å². The second-order valence-electron chi connectivity index (χ2n) is 3.80. The van der Waals surface area contributed by atoms with Gasteiger partial charge in [0.1, 0.15) is 0 Å². The van der Waals surface area contributed by atoms with Crippen molar-refractivity contribution < 1.29 is 5.11 Å². The molecular formula is C13H25N3O. The molecule has 0 aliphatic heterocycles. The van der Waals surface area contributed by atoms with Crippen molar-refractivity contribution in [3.8, 4) is 0 Å². The van der Waals surface area contributed by atoms with Crippen molar-refractivity contribution >= 4 is 6.21 Å². The second kappa shape index (κ2) is 11.2. The van der Waals surface area contributed by atoms with Crippen LogP contribution in [0.15, 0.2) is 29.7 Å². The highest BCUT2D eigenvalue weighted by atomic mass is 16.2. The van der Waals surface area contributed by atoms with Crippen LogP contribution in [0.1, 0.15) is 20.3 Å². The maximum absolute atomic E-state index is 8.62. The quantitative estimate of drug-likeness (QED) is 0.495. The van der Waals surface area contributed by atoms with E-state index in [-0.39, 0.29) is 0 Å². The second-order valence-corrected chi connectivity index (χ2v) is 3.80. The predicted octanol–water partition coefficient (Wildman–Crippen LogP) is 2.26. The Labute approximate surface area is 105 Å². The molecule has 0 radical (unpaired) electrons. The van der Waals surface area contributed by atoms with Gasteiger partial charge in [-0.1, -0.05) is 19.9 Å². The van der Waals surface area contributed by atoms with E-state index in [0.29, 0.717) is 0 Å². The molecule has 98 valence electrons. The highest BCUT2D eigenvalue weighted by Crippen LogP contribution is 1.92. The number of hydrogen-bond acceptors (Lipinski definition) is 4. The Morgan fingerprint density at radius 2 is 2.00 bits per heavy atom. The van der Waals surface area contributed by atoms with Crippen LogP contribution >= 0.6 is 0 Å². The minimum Gasteiger partial charge on any atom is -0.514 e. The molecule has 4 nitrogen and oxygen atoms in total. The summed E-state index contributed by atoms with van der Waals surface area (Å²) in [5.74, 6) is 0. The summed E-state index contributed by atoms with van der Waals surface area (Å²) in [5.41, 5.74) is 0. The van der Waals surface area contributed by atoms with Gasteiger partial charge in [0.05, 0.1) is 6.26 Å². The molecule has 0 unspecified atom stereocenters. The fraction of sp³-hybridized carbons (Fsp3) is 0.615. The lowest BCUT2D eigenvalue weighted by molar-refractivity contribution is 0.280. The Bertz CT molecular complexity index is 249. The summed E-state index contributed by atoms with van der Waals surface area (Å²) >= 11 is 0. The molecule has 0 rings (SSSR count). The number of hydrogen-bond donors (Lipinski definition) is 1. The molecule has 0 amide bonds. The first-order valence-electron chi connectivity index (χ1n) is 6.14. The number of aliphatic imine (C=N–C) groups is 1. The van der Waals surface area contributed by atoms with Crippen molar-refractivity contribution in [3.05, 3.63) is 24.7 Å². The van der Waals surface area contributed by atoms with E-state index in [2.05, 4.69) is 29.8 Å². The van der Waals surface area contributed by atoms with Crippen molar-refractivity contribution in [1.82, 2.24) is 9.80 Å². The summed E-state index contributed by atoms with van der Waals surface area (Å²) in [4.78, 5) is 8.41. The van der Waals surface area contributed by atoms with E-state index < -0.39 is 0 Å². The molecule has 0 bridgehead atoms. The van der Waals surface area contributed by atoms with Crippen molar-refractivity contribution in [2.45, 2.75) is 20.3 Å². The average molecular weight is 239 g/mol. The van der Waals surface area contributed by atoms with Gasteiger partial charge in [-0.3, -0.25) is 9.89 Å². The van der Waals surface area contributed by atoms with Crippen molar-refractivity contribution in [3.63, 3.8) is 0 Å². The molecule has 0 fully saturated rings. The zero-order valence-corrected chi connectivity index (χ0v) is 11.2. The summed E-state index contributed by atoms with van der Waals surface area (Å²) in [7, 11) is 1.95. The van der Waals surface area contributed by atoms with E-state index in [4.69, 9.17) is 5.11 Å². The van der Waals surface area contributed by atoms with Gasteiger partial charge in [0, 0.05) is 45.3 Å². The number of aliphatic hydroxyl groups excluding tert-OH is 1. The van der Waals surface area contributed by atoms with Crippen LogP contribution in [0.4, 0.5) is 0 Å². The maximum atomic E-state index is 8.62. The molecule has 0 aromatic heterocycles. The average Bonchev–Trinajstić information content (AvgIpc) is 2.33. The maximum Gasteiger partial charge on any atom is 0.0950 e. The normalized spacial score (nSPS) is 12.5. The predicted molar refractivity (Wildman–Crippen MR) is 74.4 cm³/mol. The van der Waals surface area contributed by atoms with Gasteiger partial charge in [0.25, 0.3) is 0 Å². The smallest absolute Gasteiger partial charge is 0.0950 e. The fourth-order valence-corrected chi connectivity index (χ4v) is 1.29. The zero-order valence-electron chi connectivity index (χ0n) is 11.2. The molecular weight excluding hydrogens is 214 g/mol. The lowest BCUT2D eigenvalue weighted by Crippen LogP contribution is -2.31. The van der Waals surface area contributed by atoms with Crippen LogP contribution in [-0.2, 0) is 0 Å².